The Morgan fingerprint density at radius 1 is 1.10 bits per heavy atom. The molecule has 1 amide bonds. The van der Waals surface area contributed by atoms with Gasteiger partial charge in [-0.3, -0.25) is 9.69 Å². The van der Waals surface area contributed by atoms with Gasteiger partial charge in [-0.2, -0.15) is 0 Å². The summed E-state index contributed by atoms with van der Waals surface area (Å²) in [7, 11) is 0. The number of aliphatic hydroxyl groups is 1. The van der Waals surface area contributed by atoms with Crippen molar-refractivity contribution < 1.29 is 19.4 Å². The molecule has 1 aliphatic carbocycles. The first kappa shape index (κ1) is 15.2. The predicted octanol–water partition coefficient (Wildman–Crippen LogP) is -0.293. The smallest absolute Gasteiger partial charge is 0.236 e. The van der Waals surface area contributed by atoms with Crippen LogP contribution in [-0.4, -0.2) is 85.6 Å². The summed E-state index contributed by atoms with van der Waals surface area (Å²) in [6.45, 7) is 5.20. The third kappa shape index (κ3) is 3.56. The Kier molecular flexibility index (Phi) is 5.11. The molecule has 0 bridgehead atoms. The van der Waals surface area contributed by atoms with Crippen molar-refractivity contribution in [3.63, 3.8) is 0 Å². The number of amides is 1. The first-order valence-corrected chi connectivity index (χ1v) is 8.11. The number of morpholine rings is 2. The van der Waals surface area contributed by atoms with Crippen molar-refractivity contribution in [1.29, 1.82) is 0 Å². The van der Waals surface area contributed by atoms with E-state index in [0.29, 0.717) is 46.1 Å². The summed E-state index contributed by atoms with van der Waals surface area (Å²) < 4.78 is 10.9. The lowest BCUT2D eigenvalue weighted by molar-refractivity contribution is -0.140. The number of nitrogens with zero attached hydrogens (tertiary/aromatic N) is 2. The van der Waals surface area contributed by atoms with E-state index in [1.54, 1.807) is 0 Å². The van der Waals surface area contributed by atoms with Crippen molar-refractivity contribution in [1.82, 2.24) is 9.80 Å². The van der Waals surface area contributed by atoms with Gasteiger partial charge in [-0.05, 0) is 12.8 Å². The van der Waals surface area contributed by atoms with E-state index in [2.05, 4.69) is 4.90 Å². The molecule has 0 radical (unpaired) electrons. The molecule has 3 rings (SSSR count). The molecule has 3 aliphatic rings. The summed E-state index contributed by atoms with van der Waals surface area (Å²) in [6.07, 6.45) is 2.76. The number of carbonyl (C=O) groups is 1. The lowest BCUT2D eigenvalue weighted by Gasteiger charge is -2.40. The standard InChI is InChI=1S/C15H26N2O4/c18-14-3-1-2-12(14)13-11-21-9-6-17(13)10-15(19)16-4-7-20-8-5-16/h12-14,18H,1-11H2/t12-,13-,14+/m1/s1. The molecule has 0 aromatic carbocycles. The molecule has 21 heavy (non-hydrogen) atoms. The summed E-state index contributed by atoms with van der Waals surface area (Å²) in [6, 6.07) is 0.182. The van der Waals surface area contributed by atoms with E-state index in [1.807, 2.05) is 4.90 Å². The minimum atomic E-state index is -0.238. The Morgan fingerprint density at radius 3 is 2.57 bits per heavy atom. The molecule has 120 valence electrons. The first-order chi connectivity index (χ1) is 10.3. The number of hydrogen-bond donors (Lipinski definition) is 1. The molecule has 6 heteroatoms. The molecule has 1 saturated carbocycles. The van der Waals surface area contributed by atoms with Crippen LogP contribution >= 0.6 is 0 Å². The van der Waals surface area contributed by atoms with Crippen LogP contribution in [0.2, 0.25) is 0 Å². The third-order valence-corrected chi connectivity index (χ3v) is 5.01. The van der Waals surface area contributed by atoms with Crippen molar-refractivity contribution in [3.05, 3.63) is 0 Å². The van der Waals surface area contributed by atoms with Gasteiger partial charge in [-0.15, -0.1) is 0 Å². The van der Waals surface area contributed by atoms with Crippen LogP contribution in [0.3, 0.4) is 0 Å². The highest BCUT2D eigenvalue weighted by Gasteiger charge is 2.38. The highest BCUT2D eigenvalue weighted by molar-refractivity contribution is 5.78. The molecule has 3 fully saturated rings. The van der Waals surface area contributed by atoms with Crippen molar-refractivity contribution in [2.45, 2.75) is 31.4 Å². The summed E-state index contributed by atoms with van der Waals surface area (Å²) in [5.41, 5.74) is 0. The van der Waals surface area contributed by atoms with Crippen LogP contribution < -0.4 is 0 Å². The zero-order valence-electron chi connectivity index (χ0n) is 12.6. The van der Waals surface area contributed by atoms with Gasteiger partial charge in [0.25, 0.3) is 0 Å². The van der Waals surface area contributed by atoms with E-state index in [-0.39, 0.29) is 24.0 Å². The molecular formula is C15H26N2O4. The van der Waals surface area contributed by atoms with Gasteiger partial charge in [0.15, 0.2) is 0 Å². The van der Waals surface area contributed by atoms with Crippen molar-refractivity contribution in [2.24, 2.45) is 5.92 Å². The van der Waals surface area contributed by atoms with E-state index >= 15 is 0 Å². The van der Waals surface area contributed by atoms with Crippen LogP contribution in [0.1, 0.15) is 19.3 Å². The minimum absolute atomic E-state index is 0.178. The van der Waals surface area contributed by atoms with Gasteiger partial charge in [0.2, 0.25) is 5.91 Å². The molecule has 0 unspecified atom stereocenters. The SMILES string of the molecule is O=C(CN1CCOC[C@@H]1[C@H]1CCC[C@@H]1O)N1CCOCC1. The van der Waals surface area contributed by atoms with Crippen molar-refractivity contribution in [3.8, 4) is 0 Å². The van der Waals surface area contributed by atoms with Crippen molar-refractivity contribution >= 4 is 5.91 Å². The molecule has 2 heterocycles. The topological polar surface area (TPSA) is 62.2 Å². The quantitative estimate of drug-likeness (QED) is 0.775. The normalized spacial score (nSPS) is 35.1. The lowest BCUT2D eigenvalue weighted by atomic mass is 9.94. The van der Waals surface area contributed by atoms with Gasteiger partial charge in [0.05, 0.1) is 39.1 Å². The summed E-state index contributed by atoms with van der Waals surface area (Å²) in [4.78, 5) is 16.5. The number of ether oxygens (including phenoxy) is 2. The van der Waals surface area contributed by atoms with Crippen molar-refractivity contribution in [2.75, 3.05) is 52.6 Å². The van der Waals surface area contributed by atoms with Gasteiger partial charge in [-0.1, -0.05) is 6.42 Å². The highest BCUT2D eigenvalue weighted by atomic mass is 16.5. The molecular weight excluding hydrogens is 272 g/mol. The number of rotatable bonds is 3. The van der Waals surface area contributed by atoms with E-state index in [9.17, 15) is 9.90 Å². The highest BCUT2D eigenvalue weighted by Crippen LogP contribution is 2.32. The Morgan fingerprint density at radius 2 is 1.86 bits per heavy atom. The second-order valence-electron chi connectivity index (χ2n) is 6.27. The molecule has 0 aromatic heterocycles. The molecule has 3 atom stereocenters. The van der Waals surface area contributed by atoms with Gasteiger partial charge < -0.3 is 19.5 Å². The van der Waals surface area contributed by atoms with E-state index < -0.39 is 0 Å². The van der Waals surface area contributed by atoms with Crippen LogP contribution in [0, 0.1) is 5.92 Å². The number of aliphatic hydroxyl groups excluding tert-OH is 1. The predicted molar refractivity (Wildman–Crippen MR) is 76.9 cm³/mol. The lowest BCUT2D eigenvalue weighted by Crippen LogP contribution is -2.55. The van der Waals surface area contributed by atoms with Crippen LogP contribution in [-0.2, 0) is 14.3 Å². The van der Waals surface area contributed by atoms with E-state index in [4.69, 9.17) is 9.47 Å². The van der Waals surface area contributed by atoms with E-state index in [1.165, 1.54) is 0 Å². The fourth-order valence-corrected chi connectivity index (χ4v) is 3.75. The Labute approximate surface area is 126 Å². The van der Waals surface area contributed by atoms with Gasteiger partial charge >= 0.3 is 0 Å². The maximum atomic E-state index is 12.4. The van der Waals surface area contributed by atoms with Crippen LogP contribution in [0.5, 0.6) is 0 Å². The Balaban J connectivity index is 1.59. The number of carbonyl (C=O) groups excluding carboxylic acids is 1. The van der Waals surface area contributed by atoms with Gasteiger partial charge in [0, 0.05) is 31.6 Å². The fraction of sp³-hybridized carbons (Fsp3) is 0.933. The summed E-state index contributed by atoms with van der Waals surface area (Å²) in [5, 5.41) is 10.1. The number of hydrogen-bond acceptors (Lipinski definition) is 5. The molecule has 2 aliphatic heterocycles. The second-order valence-corrected chi connectivity index (χ2v) is 6.27. The van der Waals surface area contributed by atoms with Gasteiger partial charge in [-0.25, -0.2) is 0 Å². The molecule has 0 aromatic rings. The Bertz CT molecular complexity index is 360. The average molecular weight is 298 g/mol. The zero-order valence-corrected chi connectivity index (χ0v) is 12.6. The Hall–Kier alpha value is -0.690. The fourth-order valence-electron chi connectivity index (χ4n) is 3.75. The maximum Gasteiger partial charge on any atom is 0.236 e. The molecule has 2 saturated heterocycles. The van der Waals surface area contributed by atoms with Crippen LogP contribution in [0.25, 0.3) is 0 Å². The average Bonchev–Trinajstić information content (AvgIpc) is 2.95. The van der Waals surface area contributed by atoms with Crippen LogP contribution in [0.15, 0.2) is 0 Å². The zero-order chi connectivity index (χ0) is 14.7. The maximum absolute atomic E-state index is 12.4. The van der Waals surface area contributed by atoms with Crippen LogP contribution in [0.4, 0.5) is 0 Å². The first-order valence-electron chi connectivity index (χ1n) is 8.11. The second kappa shape index (κ2) is 7.05. The third-order valence-electron chi connectivity index (χ3n) is 5.01. The van der Waals surface area contributed by atoms with E-state index in [0.717, 1.165) is 25.8 Å². The molecule has 0 spiro atoms. The summed E-state index contributed by atoms with van der Waals surface area (Å²) in [5.74, 6) is 0.431. The van der Waals surface area contributed by atoms with Gasteiger partial charge in [0.1, 0.15) is 0 Å². The largest absolute Gasteiger partial charge is 0.393 e. The molecule has 1 N–H and O–H groups in total. The summed E-state index contributed by atoms with van der Waals surface area (Å²) >= 11 is 0. The minimum Gasteiger partial charge on any atom is -0.393 e. The monoisotopic (exact) mass is 298 g/mol. The molecule has 6 nitrogen and oxygen atoms in total.